The monoisotopic (exact) mass is 728 g/mol. The fraction of sp³-hybridized carbons (Fsp3) is 0.283. The van der Waals surface area contributed by atoms with E-state index >= 15 is 0 Å². The lowest BCUT2D eigenvalue weighted by molar-refractivity contribution is 0.589. The Morgan fingerprint density at radius 3 is 1.84 bits per heavy atom. The Kier molecular flexibility index (Phi) is 7.16. The third-order valence-corrected chi connectivity index (χ3v) is 13.2. The topological polar surface area (TPSA) is 8.17 Å². The van der Waals surface area contributed by atoms with Crippen LogP contribution >= 0.6 is 0 Å². The number of para-hydroxylation sites is 1. The quantitative estimate of drug-likeness (QED) is 0.161. The van der Waals surface area contributed by atoms with Crippen molar-refractivity contribution in [3.8, 4) is 28.1 Å². The predicted molar refractivity (Wildman–Crippen MR) is 242 cm³/mol. The number of benzene rings is 6. The molecule has 2 aliphatic heterocycles. The maximum Gasteiger partial charge on any atom is 0.252 e. The zero-order valence-corrected chi connectivity index (χ0v) is 35.0. The Morgan fingerprint density at radius 1 is 0.500 bits per heavy atom. The highest BCUT2D eigenvalue weighted by molar-refractivity contribution is 7.00. The second kappa shape index (κ2) is 11.4. The normalized spacial score (nSPS) is 15.1. The molecule has 0 atom stereocenters. The van der Waals surface area contributed by atoms with Crippen LogP contribution in [0.1, 0.15) is 104 Å². The van der Waals surface area contributed by atoms with Gasteiger partial charge in [0.15, 0.2) is 0 Å². The first kappa shape index (κ1) is 35.2. The Labute approximate surface area is 334 Å². The van der Waals surface area contributed by atoms with Gasteiger partial charge in [-0.15, -0.1) is 0 Å². The number of hydrogen-bond donors (Lipinski definition) is 0. The molecule has 0 saturated heterocycles. The van der Waals surface area contributed by atoms with E-state index in [1.54, 1.807) is 0 Å². The van der Waals surface area contributed by atoms with E-state index in [1.807, 2.05) is 0 Å². The van der Waals surface area contributed by atoms with Gasteiger partial charge in [-0.2, -0.15) is 0 Å². The lowest BCUT2D eigenvalue weighted by Crippen LogP contribution is -2.60. The van der Waals surface area contributed by atoms with Crippen molar-refractivity contribution in [3.05, 3.63) is 149 Å². The third kappa shape index (κ3) is 4.82. The number of anilines is 3. The van der Waals surface area contributed by atoms with Crippen LogP contribution in [0.2, 0.25) is 0 Å². The van der Waals surface area contributed by atoms with Crippen molar-refractivity contribution in [2.75, 3.05) is 4.90 Å². The molecule has 0 bridgehead atoms. The summed E-state index contributed by atoms with van der Waals surface area (Å²) in [5.41, 5.74) is 22.5. The van der Waals surface area contributed by atoms with Crippen LogP contribution in [0.25, 0.3) is 39.0 Å². The number of aromatic nitrogens is 1. The Morgan fingerprint density at radius 2 is 1.12 bits per heavy atom. The van der Waals surface area contributed by atoms with Crippen LogP contribution in [-0.2, 0) is 21.7 Å². The van der Waals surface area contributed by atoms with Gasteiger partial charge in [0.1, 0.15) is 0 Å². The van der Waals surface area contributed by atoms with Crippen molar-refractivity contribution in [1.82, 2.24) is 4.57 Å². The zero-order valence-electron chi connectivity index (χ0n) is 35.0. The minimum atomic E-state index is -0.121. The van der Waals surface area contributed by atoms with Gasteiger partial charge in [0, 0.05) is 44.5 Å². The average Bonchev–Trinajstić information content (AvgIpc) is 3.63. The molecular formula is C53H53BN2. The molecule has 0 N–H and O–H groups in total. The standard InChI is InChI=1S/C53H53BN2/c1-50(2,3)33-25-27-42(38(28-33)32-18-13-12-14-19-32)55-43-29-34(51(4,5)6)24-26-40(43)54-41-23-17-21-37-46-49(36-20-15-16-22-39(36)53(46,10)11)56(48(37)41)45-31-35(52(7,8)9)30-44(55)47(45)54/h12-31H,1-11H3. The molecule has 1 aromatic heterocycles. The fourth-order valence-corrected chi connectivity index (χ4v) is 10.2. The summed E-state index contributed by atoms with van der Waals surface area (Å²) in [6.45, 7) is 26.1. The van der Waals surface area contributed by atoms with Crippen LogP contribution in [0.3, 0.4) is 0 Å². The van der Waals surface area contributed by atoms with Crippen molar-refractivity contribution < 1.29 is 0 Å². The first-order valence-electron chi connectivity index (χ1n) is 20.6. The summed E-state index contributed by atoms with van der Waals surface area (Å²) in [4.78, 5) is 2.65. The number of hydrogen-bond acceptors (Lipinski definition) is 1. The molecule has 0 spiro atoms. The molecule has 278 valence electrons. The molecule has 56 heavy (non-hydrogen) atoms. The van der Waals surface area contributed by atoms with Gasteiger partial charge in [0.25, 0.3) is 6.71 Å². The smallest absolute Gasteiger partial charge is 0.252 e. The fourth-order valence-electron chi connectivity index (χ4n) is 10.2. The van der Waals surface area contributed by atoms with Gasteiger partial charge in [-0.25, -0.2) is 0 Å². The summed E-state index contributed by atoms with van der Waals surface area (Å²) in [7, 11) is 0. The van der Waals surface area contributed by atoms with E-state index in [1.165, 1.54) is 100 Å². The molecule has 0 radical (unpaired) electrons. The number of fused-ring (bicyclic) bond motifs is 9. The third-order valence-electron chi connectivity index (χ3n) is 13.2. The molecule has 3 aliphatic rings. The van der Waals surface area contributed by atoms with E-state index in [0.29, 0.717) is 0 Å². The highest BCUT2D eigenvalue weighted by Gasteiger charge is 2.47. The minimum Gasteiger partial charge on any atom is -0.311 e. The van der Waals surface area contributed by atoms with Crippen molar-refractivity contribution in [2.24, 2.45) is 0 Å². The van der Waals surface area contributed by atoms with Gasteiger partial charge < -0.3 is 9.47 Å². The predicted octanol–water partition coefficient (Wildman–Crippen LogP) is 12.1. The second-order valence-electron chi connectivity index (χ2n) is 20.3. The summed E-state index contributed by atoms with van der Waals surface area (Å²) < 4.78 is 2.69. The first-order valence-corrected chi connectivity index (χ1v) is 20.6. The van der Waals surface area contributed by atoms with Crippen molar-refractivity contribution in [3.63, 3.8) is 0 Å². The maximum atomic E-state index is 2.69. The summed E-state index contributed by atoms with van der Waals surface area (Å²) in [5, 5.41) is 1.38. The summed E-state index contributed by atoms with van der Waals surface area (Å²) in [6, 6.07) is 47.0. The lowest BCUT2D eigenvalue weighted by atomic mass is 9.33. The van der Waals surface area contributed by atoms with Gasteiger partial charge in [0.05, 0.1) is 11.4 Å². The van der Waals surface area contributed by atoms with Crippen LogP contribution in [0, 0.1) is 0 Å². The van der Waals surface area contributed by atoms with E-state index < -0.39 is 0 Å². The average molecular weight is 729 g/mol. The second-order valence-corrected chi connectivity index (χ2v) is 20.3. The molecule has 0 amide bonds. The van der Waals surface area contributed by atoms with E-state index in [2.05, 4.69) is 207 Å². The summed E-state index contributed by atoms with van der Waals surface area (Å²) in [6.07, 6.45) is 0. The molecule has 0 unspecified atom stereocenters. The van der Waals surface area contributed by atoms with Crippen LogP contribution in [-0.4, -0.2) is 11.3 Å². The molecule has 10 rings (SSSR count). The zero-order chi connectivity index (χ0) is 39.3. The van der Waals surface area contributed by atoms with Crippen molar-refractivity contribution in [1.29, 1.82) is 0 Å². The molecule has 3 heteroatoms. The molecular weight excluding hydrogens is 675 g/mol. The number of nitrogens with zero attached hydrogens (tertiary/aromatic N) is 2. The number of rotatable bonds is 2. The Bertz CT molecular complexity index is 2780. The van der Waals surface area contributed by atoms with Gasteiger partial charge in [-0.05, 0) is 96.3 Å². The van der Waals surface area contributed by atoms with Crippen LogP contribution in [0.4, 0.5) is 17.1 Å². The van der Waals surface area contributed by atoms with Gasteiger partial charge in [-0.1, -0.05) is 167 Å². The highest BCUT2D eigenvalue weighted by atomic mass is 15.2. The van der Waals surface area contributed by atoms with Gasteiger partial charge in [0.2, 0.25) is 0 Å². The van der Waals surface area contributed by atoms with E-state index in [-0.39, 0.29) is 28.4 Å². The van der Waals surface area contributed by atoms with Gasteiger partial charge >= 0.3 is 0 Å². The summed E-state index contributed by atoms with van der Waals surface area (Å²) >= 11 is 0. The molecule has 7 aromatic rings. The maximum absolute atomic E-state index is 2.69. The van der Waals surface area contributed by atoms with Crippen molar-refractivity contribution in [2.45, 2.75) is 97.8 Å². The van der Waals surface area contributed by atoms with Crippen LogP contribution in [0.15, 0.2) is 121 Å². The van der Waals surface area contributed by atoms with E-state index in [9.17, 15) is 0 Å². The molecule has 0 saturated carbocycles. The highest BCUT2D eigenvalue weighted by Crippen LogP contribution is 2.55. The SMILES string of the molecule is CC(C)(C)c1ccc(N2c3cc(C(C)(C)C)ccc3B3c4c2cc(C(C)(C)C)cc4-n2c4c(c5cccc3c52)C(C)(C)c2ccccc2-4)c(-c2ccccc2)c1. The molecule has 3 heterocycles. The molecule has 2 nitrogen and oxygen atoms in total. The Hall–Kier alpha value is -5.28. The van der Waals surface area contributed by atoms with Crippen LogP contribution in [0.5, 0.6) is 0 Å². The lowest BCUT2D eigenvalue weighted by Gasteiger charge is -2.43. The molecule has 0 fully saturated rings. The minimum absolute atomic E-state index is 0.00559. The molecule has 6 aromatic carbocycles. The first-order chi connectivity index (χ1) is 26.5. The van der Waals surface area contributed by atoms with Gasteiger partial charge in [-0.3, -0.25) is 0 Å². The van der Waals surface area contributed by atoms with E-state index in [0.717, 1.165) is 0 Å². The van der Waals surface area contributed by atoms with E-state index in [4.69, 9.17) is 0 Å². The Balaban J connectivity index is 1.39. The van der Waals surface area contributed by atoms with Crippen LogP contribution < -0.4 is 21.3 Å². The van der Waals surface area contributed by atoms with Crippen molar-refractivity contribution >= 4 is 51.1 Å². The summed E-state index contributed by atoms with van der Waals surface area (Å²) in [5.74, 6) is 0. The molecule has 1 aliphatic carbocycles. The largest absolute Gasteiger partial charge is 0.311 e.